The minimum atomic E-state index is -3.76. The molecule has 8 nitrogen and oxygen atoms in total. The predicted octanol–water partition coefficient (Wildman–Crippen LogP) is 2.71. The van der Waals surface area contributed by atoms with Gasteiger partial charge in [0.05, 0.1) is 30.2 Å². The Bertz CT molecular complexity index is 1120. The number of hydrogen-bond donors (Lipinski definition) is 0. The maximum atomic E-state index is 13.5. The van der Waals surface area contributed by atoms with E-state index in [-0.39, 0.29) is 23.9 Å². The van der Waals surface area contributed by atoms with E-state index in [9.17, 15) is 18.0 Å². The molecule has 2 aliphatic heterocycles. The summed E-state index contributed by atoms with van der Waals surface area (Å²) in [7, 11) is -2.50. The number of para-hydroxylation sites is 2. The van der Waals surface area contributed by atoms with Gasteiger partial charge in [-0.25, -0.2) is 13.2 Å². The van der Waals surface area contributed by atoms with Gasteiger partial charge < -0.3 is 14.4 Å². The highest BCUT2D eigenvalue weighted by molar-refractivity contribution is 7.89. The van der Waals surface area contributed by atoms with Gasteiger partial charge >= 0.3 is 5.97 Å². The SMILES string of the molecule is COC(=O)[C@H]1CN(C(=O)[C@H]2CCCN(S(=O)(=O)c3ccc(Cl)cc3)C2)c2ccccc2O1. The van der Waals surface area contributed by atoms with Gasteiger partial charge in [-0.15, -0.1) is 0 Å². The summed E-state index contributed by atoms with van der Waals surface area (Å²) in [4.78, 5) is 27.2. The van der Waals surface area contributed by atoms with Crippen LogP contribution in [-0.2, 0) is 24.3 Å². The summed E-state index contributed by atoms with van der Waals surface area (Å²) >= 11 is 5.88. The molecule has 0 spiro atoms. The van der Waals surface area contributed by atoms with Gasteiger partial charge in [0.1, 0.15) is 5.75 Å². The first-order valence-electron chi connectivity index (χ1n) is 10.2. The van der Waals surface area contributed by atoms with E-state index in [0.717, 1.165) is 0 Å². The van der Waals surface area contributed by atoms with Crippen LogP contribution in [0.15, 0.2) is 53.4 Å². The second-order valence-corrected chi connectivity index (χ2v) is 10.1. The predicted molar refractivity (Wildman–Crippen MR) is 118 cm³/mol. The van der Waals surface area contributed by atoms with Crippen molar-refractivity contribution in [3.63, 3.8) is 0 Å². The lowest BCUT2D eigenvalue weighted by atomic mass is 9.97. The van der Waals surface area contributed by atoms with Crippen LogP contribution in [0.3, 0.4) is 0 Å². The molecule has 0 radical (unpaired) electrons. The van der Waals surface area contributed by atoms with Crippen LogP contribution < -0.4 is 9.64 Å². The Balaban J connectivity index is 1.57. The largest absolute Gasteiger partial charge is 0.475 e. The Morgan fingerprint density at radius 3 is 2.53 bits per heavy atom. The quantitative estimate of drug-likeness (QED) is 0.627. The number of ether oxygens (including phenoxy) is 2. The number of benzene rings is 2. The van der Waals surface area contributed by atoms with Crippen molar-refractivity contribution in [2.45, 2.75) is 23.8 Å². The van der Waals surface area contributed by atoms with Gasteiger partial charge in [0.2, 0.25) is 22.0 Å². The van der Waals surface area contributed by atoms with Crippen LogP contribution in [0.5, 0.6) is 5.75 Å². The molecule has 170 valence electrons. The molecule has 1 fully saturated rings. The van der Waals surface area contributed by atoms with Crippen molar-refractivity contribution in [3.8, 4) is 5.75 Å². The van der Waals surface area contributed by atoms with E-state index in [2.05, 4.69) is 0 Å². The number of carbonyl (C=O) groups excluding carboxylic acids is 2. The van der Waals surface area contributed by atoms with Crippen LogP contribution in [0.1, 0.15) is 12.8 Å². The molecule has 10 heteroatoms. The molecule has 2 aromatic rings. The number of esters is 1. The number of rotatable bonds is 4. The Kier molecular flexibility index (Phi) is 6.41. The molecule has 32 heavy (non-hydrogen) atoms. The average molecular weight is 479 g/mol. The van der Waals surface area contributed by atoms with Gasteiger partial charge in [-0.3, -0.25) is 4.79 Å². The second kappa shape index (κ2) is 9.09. The van der Waals surface area contributed by atoms with Gasteiger partial charge in [0.15, 0.2) is 0 Å². The summed E-state index contributed by atoms with van der Waals surface area (Å²) in [6.07, 6.45) is 0.153. The molecule has 0 aliphatic carbocycles. The van der Waals surface area contributed by atoms with E-state index in [1.807, 2.05) is 0 Å². The normalized spacial score (nSPS) is 21.4. The molecule has 0 unspecified atom stereocenters. The maximum absolute atomic E-state index is 13.5. The molecule has 2 aromatic carbocycles. The summed E-state index contributed by atoms with van der Waals surface area (Å²) in [6, 6.07) is 12.9. The molecular formula is C22H23ClN2O6S. The fraction of sp³-hybridized carbons (Fsp3) is 0.364. The minimum Gasteiger partial charge on any atom is -0.475 e. The maximum Gasteiger partial charge on any atom is 0.348 e. The third kappa shape index (κ3) is 4.32. The fourth-order valence-electron chi connectivity index (χ4n) is 4.04. The second-order valence-electron chi connectivity index (χ2n) is 7.70. The molecule has 0 N–H and O–H groups in total. The first-order chi connectivity index (χ1) is 15.3. The van der Waals surface area contributed by atoms with E-state index in [0.29, 0.717) is 35.8 Å². The number of amides is 1. The zero-order valence-corrected chi connectivity index (χ0v) is 19.0. The topological polar surface area (TPSA) is 93.2 Å². The molecule has 2 atom stereocenters. The van der Waals surface area contributed by atoms with Crippen LogP contribution in [0.4, 0.5) is 5.69 Å². The smallest absolute Gasteiger partial charge is 0.348 e. The van der Waals surface area contributed by atoms with Gasteiger partial charge in [-0.1, -0.05) is 23.7 Å². The van der Waals surface area contributed by atoms with Gasteiger partial charge in [-0.05, 0) is 49.2 Å². The van der Waals surface area contributed by atoms with Crippen LogP contribution in [0.25, 0.3) is 0 Å². The number of piperidine rings is 1. The number of carbonyl (C=O) groups is 2. The highest BCUT2D eigenvalue weighted by atomic mass is 35.5. The number of nitrogens with zero attached hydrogens (tertiary/aromatic N) is 2. The molecule has 2 aliphatic rings. The zero-order valence-electron chi connectivity index (χ0n) is 17.4. The number of methoxy groups -OCH3 is 1. The summed E-state index contributed by atoms with van der Waals surface area (Å²) < 4.78 is 38.0. The van der Waals surface area contributed by atoms with Crippen molar-refractivity contribution in [2.75, 3.05) is 31.6 Å². The summed E-state index contributed by atoms with van der Waals surface area (Å²) in [5.41, 5.74) is 0.551. The zero-order chi connectivity index (χ0) is 22.9. The molecule has 0 bridgehead atoms. The van der Waals surface area contributed by atoms with E-state index in [1.54, 1.807) is 24.3 Å². The fourth-order valence-corrected chi connectivity index (χ4v) is 5.69. The van der Waals surface area contributed by atoms with Gasteiger partial charge in [0, 0.05) is 18.1 Å². The van der Waals surface area contributed by atoms with E-state index >= 15 is 0 Å². The van der Waals surface area contributed by atoms with Crippen LogP contribution >= 0.6 is 11.6 Å². The van der Waals surface area contributed by atoms with Gasteiger partial charge in [0.25, 0.3) is 0 Å². The van der Waals surface area contributed by atoms with Crippen LogP contribution in [0, 0.1) is 5.92 Å². The standard InChI is InChI=1S/C22H23ClN2O6S/c1-30-22(27)20-14-25(18-6-2-3-7-19(18)31-20)21(26)15-5-4-12-24(13-15)32(28,29)17-10-8-16(23)9-11-17/h2-3,6-11,15,20H,4-5,12-14H2,1H3/t15-,20+/m0/s1. The highest BCUT2D eigenvalue weighted by Crippen LogP contribution is 2.35. The minimum absolute atomic E-state index is 0.00293. The van der Waals surface area contributed by atoms with Crippen LogP contribution in [-0.4, -0.2) is 57.4 Å². The number of anilines is 1. The number of halogens is 1. The molecule has 0 aromatic heterocycles. The summed E-state index contributed by atoms with van der Waals surface area (Å²) in [5, 5.41) is 0.446. The lowest BCUT2D eigenvalue weighted by molar-refractivity contribution is -0.148. The number of hydrogen-bond acceptors (Lipinski definition) is 6. The third-order valence-corrected chi connectivity index (χ3v) is 7.82. The average Bonchev–Trinajstić information content (AvgIpc) is 2.82. The van der Waals surface area contributed by atoms with E-state index in [4.69, 9.17) is 21.1 Å². The molecule has 0 saturated carbocycles. The van der Waals surface area contributed by atoms with E-state index < -0.39 is 28.0 Å². The third-order valence-electron chi connectivity index (χ3n) is 5.69. The number of sulfonamides is 1. The van der Waals surface area contributed by atoms with Crippen LogP contribution in [0.2, 0.25) is 5.02 Å². The van der Waals surface area contributed by atoms with Crippen molar-refractivity contribution in [3.05, 3.63) is 53.6 Å². The Labute approximate surface area is 191 Å². The monoisotopic (exact) mass is 478 g/mol. The Hall–Kier alpha value is -2.62. The van der Waals surface area contributed by atoms with Crippen molar-refractivity contribution in [1.29, 1.82) is 0 Å². The lowest BCUT2D eigenvalue weighted by Gasteiger charge is -2.38. The highest BCUT2D eigenvalue weighted by Gasteiger charge is 2.40. The van der Waals surface area contributed by atoms with Crippen molar-refractivity contribution in [2.24, 2.45) is 5.92 Å². The Morgan fingerprint density at radius 2 is 1.81 bits per heavy atom. The molecular weight excluding hydrogens is 456 g/mol. The van der Waals surface area contributed by atoms with Crippen molar-refractivity contribution in [1.82, 2.24) is 4.31 Å². The summed E-state index contributed by atoms with van der Waals surface area (Å²) in [5.74, 6) is -0.960. The summed E-state index contributed by atoms with van der Waals surface area (Å²) in [6.45, 7) is 0.397. The molecule has 1 amide bonds. The number of fused-ring (bicyclic) bond motifs is 1. The first-order valence-corrected chi connectivity index (χ1v) is 12.0. The molecule has 1 saturated heterocycles. The molecule has 4 rings (SSSR count). The van der Waals surface area contributed by atoms with Crippen molar-refractivity contribution >= 4 is 39.2 Å². The first kappa shape index (κ1) is 22.6. The van der Waals surface area contributed by atoms with Crippen molar-refractivity contribution < 1.29 is 27.5 Å². The Morgan fingerprint density at radius 1 is 1.09 bits per heavy atom. The molecule has 2 heterocycles. The lowest BCUT2D eigenvalue weighted by Crippen LogP contribution is -2.52. The van der Waals surface area contributed by atoms with Gasteiger partial charge in [-0.2, -0.15) is 4.31 Å². The van der Waals surface area contributed by atoms with E-state index in [1.165, 1.54) is 40.6 Å².